The lowest BCUT2D eigenvalue weighted by molar-refractivity contribution is 0.0172. The Morgan fingerprint density at radius 2 is 1.17 bits per heavy atom. The van der Waals surface area contributed by atoms with Gasteiger partial charge in [0.15, 0.2) is 0 Å². The average molecular weight is 263 g/mol. The predicted octanol–water partition coefficient (Wildman–Crippen LogP) is 3.42. The van der Waals surface area contributed by atoms with Crippen molar-refractivity contribution in [2.45, 2.75) is 19.1 Å². The second kappa shape index (κ2) is 5.53. The fourth-order valence-corrected chi connectivity index (χ4v) is 1.91. The number of rotatable bonds is 3. The van der Waals surface area contributed by atoms with Crippen LogP contribution in [0.4, 0.5) is 0 Å². The van der Waals surface area contributed by atoms with Crippen LogP contribution in [-0.4, -0.2) is 10.2 Å². The molecular weight excluding hydrogens is 248 g/mol. The van der Waals surface area contributed by atoms with E-state index in [1.807, 2.05) is 31.2 Å². The zero-order chi connectivity index (χ0) is 13.1. The Morgan fingerprint density at radius 1 is 0.778 bits per heavy atom. The van der Waals surface area contributed by atoms with Gasteiger partial charge in [-0.1, -0.05) is 53.6 Å². The molecule has 0 fully saturated rings. The molecule has 2 atom stereocenters. The topological polar surface area (TPSA) is 40.5 Å². The molecule has 2 unspecified atom stereocenters. The van der Waals surface area contributed by atoms with Gasteiger partial charge < -0.3 is 10.2 Å². The van der Waals surface area contributed by atoms with Gasteiger partial charge in [0.05, 0.1) is 0 Å². The highest BCUT2D eigenvalue weighted by Crippen LogP contribution is 2.29. The predicted molar refractivity (Wildman–Crippen MR) is 72.6 cm³/mol. The van der Waals surface area contributed by atoms with Gasteiger partial charge in [-0.3, -0.25) is 0 Å². The highest BCUT2D eigenvalue weighted by atomic mass is 35.5. The molecule has 3 heteroatoms. The number of aryl methyl sites for hydroxylation is 1. The Morgan fingerprint density at radius 3 is 1.61 bits per heavy atom. The SMILES string of the molecule is Cc1ccc(C(O)C(O)c2ccc(Cl)cc2)cc1. The van der Waals surface area contributed by atoms with Crippen molar-refractivity contribution in [1.82, 2.24) is 0 Å². The van der Waals surface area contributed by atoms with Crippen LogP contribution >= 0.6 is 11.6 Å². The number of aliphatic hydroxyl groups excluding tert-OH is 2. The molecule has 0 bridgehead atoms. The molecule has 0 aromatic heterocycles. The number of aliphatic hydroxyl groups is 2. The summed E-state index contributed by atoms with van der Waals surface area (Å²) >= 11 is 5.79. The second-order valence-electron chi connectivity index (χ2n) is 4.35. The molecule has 2 nitrogen and oxygen atoms in total. The molecule has 0 aliphatic heterocycles. The molecule has 0 aliphatic carbocycles. The maximum absolute atomic E-state index is 10.1. The third kappa shape index (κ3) is 2.91. The van der Waals surface area contributed by atoms with Crippen LogP contribution in [0.3, 0.4) is 0 Å². The van der Waals surface area contributed by atoms with E-state index in [4.69, 9.17) is 11.6 Å². The van der Waals surface area contributed by atoms with Crippen molar-refractivity contribution in [3.63, 3.8) is 0 Å². The van der Waals surface area contributed by atoms with Crippen molar-refractivity contribution >= 4 is 11.6 Å². The van der Waals surface area contributed by atoms with Crippen LogP contribution in [0.1, 0.15) is 28.9 Å². The summed E-state index contributed by atoms with van der Waals surface area (Å²) in [5, 5.41) is 20.8. The summed E-state index contributed by atoms with van der Waals surface area (Å²) in [6.07, 6.45) is -1.89. The molecule has 2 rings (SSSR count). The minimum Gasteiger partial charge on any atom is -0.385 e. The maximum Gasteiger partial charge on any atom is 0.109 e. The first-order valence-corrected chi connectivity index (χ1v) is 6.14. The van der Waals surface area contributed by atoms with Crippen LogP contribution < -0.4 is 0 Å². The van der Waals surface area contributed by atoms with Gasteiger partial charge in [0, 0.05) is 5.02 Å². The van der Waals surface area contributed by atoms with E-state index in [1.54, 1.807) is 24.3 Å². The van der Waals surface area contributed by atoms with Gasteiger partial charge in [-0.2, -0.15) is 0 Å². The number of halogens is 1. The Labute approximate surface area is 111 Å². The third-order valence-electron chi connectivity index (χ3n) is 2.93. The van der Waals surface area contributed by atoms with Gasteiger partial charge in [-0.15, -0.1) is 0 Å². The Hall–Kier alpha value is -1.35. The average Bonchev–Trinajstić information content (AvgIpc) is 2.39. The summed E-state index contributed by atoms with van der Waals surface area (Å²) in [6.45, 7) is 1.98. The highest BCUT2D eigenvalue weighted by molar-refractivity contribution is 6.30. The quantitative estimate of drug-likeness (QED) is 0.890. The van der Waals surface area contributed by atoms with Gasteiger partial charge in [-0.25, -0.2) is 0 Å². The molecule has 18 heavy (non-hydrogen) atoms. The van der Waals surface area contributed by atoms with Crippen LogP contribution in [0.5, 0.6) is 0 Å². The first kappa shape index (κ1) is 13.1. The van der Waals surface area contributed by atoms with Crippen molar-refractivity contribution in [3.8, 4) is 0 Å². The monoisotopic (exact) mass is 262 g/mol. The molecule has 94 valence electrons. The molecule has 0 aliphatic rings. The molecule has 0 spiro atoms. The van der Waals surface area contributed by atoms with Gasteiger partial charge in [0.2, 0.25) is 0 Å². The smallest absolute Gasteiger partial charge is 0.109 e. The third-order valence-corrected chi connectivity index (χ3v) is 3.18. The minimum absolute atomic E-state index is 0.607. The van der Waals surface area contributed by atoms with Crippen molar-refractivity contribution in [1.29, 1.82) is 0 Å². The summed E-state index contributed by atoms with van der Waals surface area (Å²) in [6, 6.07) is 14.3. The van der Waals surface area contributed by atoms with E-state index in [0.717, 1.165) is 5.56 Å². The lowest BCUT2D eigenvalue weighted by Gasteiger charge is -2.18. The summed E-state index contributed by atoms with van der Waals surface area (Å²) < 4.78 is 0. The lowest BCUT2D eigenvalue weighted by Crippen LogP contribution is -2.10. The molecule has 2 N–H and O–H groups in total. The standard InChI is InChI=1S/C15H15ClO2/c1-10-2-4-11(5-3-10)14(17)15(18)12-6-8-13(16)9-7-12/h2-9,14-15,17-18H,1H3. The van der Waals surface area contributed by atoms with E-state index in [0.29, 0.717) is 16.1 Å². The van der Waals surface area contributed by atoms with E-state index in [-0.39, 0.29) is 0 Å². The normalized spacial score (nSPS) is 14.2. The van der Waals surface area contributed by atoms with Gasteiger partial charge in [-0.05, 0) is 30.2 Å². The molecule has 0 heterocycles. The molecule has 0 radical (unpaired) electrons. The summed E-state index contributed by atoms with van der Waals surface area (Å²) in [5.41, 5.74) is 2.46. The van der Waals surface area contributed by atoms with Crippen LogP contribution in [0.2, 0.25) is 5.02 Å². The molecule has 0 saturated carbocycles. The van der Waals surface area contributed by atoms with Crippen molar-refractivity contribution in [2.24, 2.45) is 0 Å². The Balaban J connectivity index is 2.20. The number of hydrogen-bond donors (Lipinski definition) is 2. The van der Waals surface area contributed by atoms with Crippen LogP contribution in [-0.2, 0) is 0 Å². The summed E-state index contributed by atoms with van der Waals surface area (Å²) in [4.78, 5) is 0. The van der Waals surface area contributed by atoms with E-state index in [1.165, 1.54) is 0 Å². The van der Waals surface area contributed by atoms with Crippen LogP contribution in [0.25, 0.3) is 0 Å². The number of benzene rings is 2. The first-order valence-electron chi connectivity index (χ1n) is 5.76. The molecular formula is C15H15ClO2. The minimum atomic E-state index is -0.954. The first-order chi connectivity index (χ1) is 8.58. The van der Waals surface area contributed by atoms with E-state index >= 15 is 0 Å². The summed E-state index contributed by atoms with van der Waals surface area (Å²) in [7, 11) is 0. The largest absolute Gasteiger partial charge is 0.385 e. The summed E-state index contributed by atoms with van der Waals surface area (Å²) in [5.74, 6) is 0. The van der Waals surface area contributed by atoms with E-state index < -0.39 is 12.2 Å². The molecule has 0 saturated heterocycles. The van der Waals surface area contributed by atoms with Gasteiger partial charge in [0.1, 0.15) is 12.2 Å². The number of hydrogen-bond acceptors (Lipinski definition) is 2. The zero-order valence-electron chi connectivity index (χ0n) is 10.0. The van der Waals surface area contributed by atoms with Crippen molar-refractivity contribution < 1.29 is 10.2 Å². The molecule has 2 aromatic carbocycles. The van der Waals surface area contributed by atoms with Crippen LogP contribution in [0, 0.1) is 6.92 Å². The second-order valence-corrected chi connectivity index (χ2v) is 4.79. The highest BCUT2D eigenvalue weighted by Gasteiger charge is 2.19. The van der Waals surface area contributed by atoms with Crippen LogP contribution in [0.15, 0.2) is 48.5 Å². The Bertz CT molecular complexity index is 456. The van der Waals surface area contributed by atoms with Gasteiger partial charge >= 0.3 is 0 Å². The molecule has 2 aromatic rings. The fourth-order valence-electron chi connectivity index (χ4n) is 1.79. The van der Waals surface area contributed by atoms with E-state index in [2.05, 4.69) is 0 Å². The van der Waals surface area contributed by atoms with Crippen molar-refractivity contribution in [3.05, 3.63) is 70.2 Å². The van der Waals surface area contributed by atoms with E-state index in [9.17, 15) is 10.2 Å². The van der Waals surface area contributed by atoms with Crippen molar-refractivity contribution in [2.75, 3.05) is 0 Å². The zero-order valence-corrected chi connectivity index (χ0v) is 10.8. The maximum atomic E-state index is 10.1. The van der Waals surface area contributed by atoms with Gasteiger partial charge in [0.25, 0.3) is 0 Å². The molecule has 0 amide bonds. The fraction of sp³-hybridized carbons (Fsp3) is 0.200. The Kier molecular flexibility index (Phi) is 4.02. The lowest BCUT2D eigenvalue weighted by atomic mass is 9.98.